The Bertz CT molecular complexity index is 837. The number of hydrogen-bond donors (Lipinski definition) is 0. The minimum absolute atomic E-state index is 0.469. The van der Waals surface area contributed by atoms with Crippen LogP contribution in [-0.2, 0) is 15.9 Å². The molecule has 3 rings (SSSR count). The van der Waals surface area contributed by atoms with Crippen LogP contribution in [0.3, 0.4) is 0 Å². The second-order valence-electron chi connectivity index (χ2n) is 5.80. The monoisotopic (exact) mass is 359 g/mol. The van der Waals surface area contributed by atoms with Crippen LogP contribution < -0.4 is 18.9 Å². The van der Waals surface area contributed by atoms with Crippen LogP contribution in [0.5, 0.6) is 23.0 Å². The van der Waals surface area contributed by atoms with E-state index < -0.39 is 24.6 Å². The molecule has 26 heavy (non-hydrogen) atoms. The number of rotatable bonds is 5. The molecular weight excluding hydrogens is 336 g/mol. The van der Waals surface area contributed by atoms with Gasteiger partial charge in [0, 0.05) is 26.3 Å². The highest BCUT2D eigenvalue weighted by molar-refractivity contribution is 5.66. The van der Waals surface area contributed by atoms with Crippen LogP contribution in [0.1, 0.15) is 25.5 Å². The molecule has 0 spiro atoms. The molecule has 6 nitrogen and oxygen atoms in total. The summed E-state index contributed by atoms with van der Waals surface area (Å²) in [7, 11) is 4.66. The molecule has 6 heteroatoms. The third kappa shape index (κ3) is 3.54. The zero-order valence-corrected chi connectivity index (χ0v) is 15.1. The van der Waals surface area contributed by atoms with Crippen LogP contribution in [0, 0.1) is 0 Å². The fraction of sp³-hybridized carbons (Fsp3) is 0.350. The Labute approximate surface area is 154 Å². The Morgan fingerprint density at radius 3 is 2.50 bits per heavy atom. The third-order valence-corrected chi connectivity index (χ3v) is 4.16. The van der Waals surface area contributed by atoms with Gasteiger partial charge in [-0.3, -0.25) is 4.79 Å². The maximum Gasteiger partial charge on any atom is 0.303 e. The summed E-state index contributed by atoms with van der Waals surface area (Å²) in [6.07, 6.45) is -2.28. The van der Waals surface area contributed by atoms with Gasteiger partial charge in [-0.15, -0.1) is 0 Å². The van der Waals surface area contributed by atoms with Gasteiger partial charge in [-0.2, -0.15) is 0 Å². The Morgan fingerprint density at radius 1 is 1.08 bits per heavy atom. The molecule has 3 atom stereocenters. The summed E-state index contributed by atoms with van der Waals surface area (Å²) >= 11 is 0. The summed E-state index contributed by atoms with van der Waals surface area (Å²) in [4.78, 5) is 11.6. The van der Waals surface area contributed by atoms with Gasteiger partial charge in [-0.05, 0) is 23.8 Å². The van der Waals surface area contributed by atoms with Crippen LogP contribution in [0.4, 0.5) is 0 Å². The normalized spacial score (nSPS) is 21.7. The SMILES string of the molecule is [2H][C@H]1c2ccc(OC)cc2O[C@H](c2ccc(OC)c(OC)c2)[C@@H]1OC(C)=O. The average Bonchev–Trinajstić information content (AvgIpc) is 2.68. The second-order valence-corrected chi connectivity index (χ2v) is 5.80. The van der Waals surface area contributed by atoms with Gasteiger partial charge in [0.2, 0.25) is 0 Å². The van der Waals surface area contributed by atoms with E-state index in [0.29, 0.717) is 34.1 Å². The first-order chi connectivity index (χ1) is 13.0. The molecule has 138 valence electrons. The number of carbonyl (C=O) groups excluding carboxylic acids is 1. The van der Waals surface area contributed by atoms with Gasteiger partial charge in [0.25, 0.3) is 0 Å². The molecule has 0 saturated heterocycles. The summed E-state index contributed by atoms with van der Waals surface area (Å²) in [6.45, 7) is 1.32. The zero-order valence-electron chi connectivity index (χ0n) is 16.1. The molecule has 2 aromatic rings. The fourth-order valence-corrected chi connectivity index (χ4v) is 2.92. The minimum Gasteiger partial charge on any atom is -0.497 e. The van der Waals surface area contributed by atoms with Crippen molar-refractivity contribution < 1.29 is 29.8 Å². The van der Waals surface area contributed by atoms with E-state index in [-0.39, 0.29) is 0 Å². The first kappa shape index (κ1) is 16.6. The first-order valence-electron chi connectivity index (χ1n) is 8.72. The molecule has 0 aliphatic carbocycles. The minimum atomic E-state index is -0.804. The van der Waals surface area contributed by atoms with Crippen LogP contribution in [0.2, 0.25) is 0 Å². The van der Waals surface area contributed by atoms with Crippen molar-refractivity contribution in [3.63, 3.8) is 0 Å². The van der Waals surface area contributed by atoms with E-state index in [9.17, 15) is 4.79 Å². The number of benzene rings is 2. The summed E-state index contributed by atoms with van der Waals surface area (Å²) in [5, 5.41) is 0. The number of methoxy groups -OCH3 is 3. The highest BCUT2D eigenvalue weighted by atomic mass is 16.6. The van der Waals surface area contributed by atoms with Crippen LogP contribution >= 0.6 is 0 Å². The lowest BCUT2D eigenvalue weighted by Crippen LogP contribution is -2.34. The number of ether oxygens (including phenoxy) is 5. The molecule has 0 N–H and O–H groups in total. The maximum atomic E-state index is 11.6. The number of carbonyl (C=O) groups is 1. The van der Waals surface area contributed by atoms with Crippen LogP contribution in [0.25, 0.3) is 0 Å². The second kappa shape index (κ2) is 7.56. The van der Waals surface area contributed by atoms with Crippen LogP contribution in [-0.4, -0.2) is 33.4 Å². The van der Waals surface area contributed by atoms with Gasteiger partial charge in [-0.1, -0.05) is 12.1 Å². The molecule has 2 aromatic carbocycles. The Morgan fingerprint density at radius 2 is 1.85 bits per heavy atom. The summed E-state index contributed by atoms with van der Waals surface area (Å²) in [6, 6.07) is 10.6. The number of hydrogen-bond acceptors (Lipinski definition) is 6. The van der Waals surface area contributed by atoms with Gasteiger partial charge in [0.05, 0.1) is 21.3 Å². The molecule has 0 bridgehead atoms. The lowest BCUT2D eigenvalue weighted by atomic mass is 9.94. The molecule has 0 saturated carbocycles. The summed E-state index contributed by atoms with van der Waals surface area (Å²) in [5.74, 6) is 1.78. The van der Waals surface area contributed by atoms with Crippen molar-refractivity contribution in [2.75, 3.05) is 21.3 Å². The quantitative estimate of drug-likeness (QED) is 0.763. The summed E-state index contributed by atoms with van der Waals surface area (Å²) in [5.41, 5.74) is 1.35. The average molecular weight is 359 g/mol. The van der Waals surface area contributed by atoms with Gasteiger partial charge < -0.3 is 23.7 Å². The molecule has 0 aromatic heterocycles. The molecule has 0 radical (unpaired) electrons. The van der Waals surface area contributed by atoms with E-state index in [1.165, 1.54) is 6.92 Å². The van der Waals surface area contributed by atoms with Crippen molar-refractivity contribution in [1.82, 2.24) is 0 Å². The number of esters is 1. The Kier molecular flexibility index (Phi) is 4.82. The van der Waals surface area contributed by atoms with E-state index >= 15 is 0 Å². The van der Waals surface area contributed by atoms with Gasteiger partial charge >= 0.3 is 5.97 Å². The molecule has 0 unspecified atom stereocenters. The van der Waals surface area contributed by atoms with E-state index in [4.69, 9.17) is 25.1 Å². The van der Waals surface area contributed by atoms with Crippen molar-refractivity contribution in [2.24, 2.45) is 0 Å². The van der Waals surface area contributed by atoms with Gasteiger partial charge in [0.15, 0.2) is 17.6 Å². The predicted octanol–water partition coefficient (Wildman–Crippen LogP) is 3.32. The number of fused-ring (bicyclic) bond motifs is 1. The van der Waals surface area contributed by atoms with Crippen LogP contribution in [0.15, 0.2) is 36.4 Å². The van der Waals surface area contributed by atoms with Crippen molar-refractivity contribution in [3.05, 3.63) is 47.5 Å². The van der Waals surface area contributed by atoms with Crippen molar-refractivity contribution >= 4 is 5.97 Å². The standard InChI is InChI=1S/C20H22O6/c1-12(21)25-19-9-13-5-7-15(22-2)11-17(13)26-20(19)14-6-8-16(23-3)18(10-14)24-4/h5-8,10-11,19-20H,9H2,1-4H3/t19-,20-/m1/s1/i9D/t9-,19+,20+/m0. The lowest BCUT2D eigenvalue weighted by molar-refractivity contribution is -0.152. The zero-order chi connectivity index (χ0) is 19.6. The van der Waals surface area contributed by atoms with Gasteiger partial charge in [-0.25, -0.2) is 0 Å². The van der Waals surface area contributed by atoms with Crippen molar-refractivity contribution in [3.8, 4) is 23.0 Å². The molecule has 1 heterocycles. The van der Waals surface area contributed by atoms with E-state index in [1.54, 1.807) is 57.7 Å². The van der Waals surface area contributed by atoms with E-state index in [0.717, 1.165) is 0 Å². The maximum absolute atomic E-state index is 11.6. The highest BCUT2D eigenvalue weighted by Crippen LogP contribution is 2.40. The molecule has 1 aliphatic heterocycles. The van der Waals surface area contributed by atoms with Crippen molar-refractivity contribution in [1.29, 1.82) is 0 Å². The third-order valence-electron chi connectivity index (χ3n) is 4.16. The van der Waals surface area contributed by atoms with E-state index in [1.807, 2.05) is 0 Å². The largest absolute Gasteiger partial charge is 0.497 e. The predicted molar refractivity (Wildman–Crippen MR) is 95.2 cm³/mol. The highest BCUT2D eigenvalue weighted by Gasteiger charge is 2.34. The molecule has 0 fully saturated rings. The topological polar surface area (TPSA) is 63.2 Å². The Balaban J connectivity index is 2.06. The van der Waals surface area contributed by atoms with E-state index in [2.05, 4.69) is 0 Å². The Hall–Kier alpha value is -2.89. The smallest absolute Gasteiger partial charge is 0.303 e. The summed E-state index contributed by atoms with van der Waals surface area (Å²) < 4.78 is 36.1. The molecule has 0 amide bonds. The fourth-order valence-electron chi connectivity index (χ4n) is 2.92. The molecule has 1 aliphatic rings. The molecular formula is C20H22O6. The van der Waals surface area contributed by atoms with Crippen molar-refractivity contribution in [2.45, 2.75) is 25.5 Å². The lowest BCUT2D eigenvalue weighted by Gasteiger charge is -2.33. The van der Waals surface area contributed by atoms with Gasteiger partial charge in [0.1, 0.15) is 17.6 Å². The first-order valence-corrected chi connectivity index (χ1v) is 8.14.